The minimum absolute atomic E-state index is 0.158. The van der Waals surface area contributed by atoms with E-state index in [2.05, 4.69) is 51.1 Å². The van der Waals surface area contributed by atoms with Gasteiger partial charge in [0.2, 0.25) is 0 Å². The second-order valence-electron chi connectivity index (χ2n) is 6.94. The lowest BCUT2D eigenvalue weighted by Crippen LogP contribution is -2.50. The molecule has 0 bridgehead atoms. The third-order valence-electron chi connectivity index (χ3n) is 6.23. The molecule has 1 aromatic rings. The van der Waals surface area contributed by atoms with Crippen molar-refractivity contribution >= 4 is 0 Å². The Morgan fingerprint density at radius 1 is 1.00 bits per heavy atom. The van der Waals surface area contributed by atoms with Crippen LogP contribution in [-0.4, -0.2) is 6.04 Å². The zero-order chi connectivity index (χ0) is 15.3. The average molecular weight is 287 g/mol. The zero-order valence-electron chi connectivity index (χ0n) is 14.1. The van der Waals surface area contributed by atoms with E-state index in [4.69, 9.17) is 5.73 Å². The van der Waals surface area contributed by atoms with E-state index >= 15 is 0 Å². The molecule has 1 atom stereocenters. The van der Waals surface area contributed by atoms with Gasteiger partial charge < -0.3 is 5.73 Å². The average Bonchev–Trinajstić information content (AvgIpc) is 2.57. The molecule has 0 heterocycles. The van der Waals surface area contributed by atoms with Crippen LogP contribution >= 0.6 is 0 Å². The summed E-state index contributed by atoms with van der Waals surface area (Å²) < 4.78 is 0. The fourth-order valence-electron chi connectivity index (χ4n) is 4.50. The summed E-state index contributed by atoms with van der Waals surface area (Å²) in [5.74, 6) is 1.65. The Bertz CT molecular complexity index is 399. The number of hydrogen-bond acceptors (Lipinski definition) is 1. The highest BCUT2D eigenvalue weighted by Crippen LogP contribution is 2.42. The van der Waals surface area contributed by atoms with Crippen molar-refractivity contribution in [1.82, 2.24) is 0 Å². The van der Waals surface area contributed by atoms with Crippen molar-refractivity contribution in [1.29, 1.82) is 0 Å². The van der Waals surface area contributed by atoms with Gasteiger partial charge in [-0.1, -0.05) is 70.4 Å². The first-order chi connectivity index (χ1) is 10.2. The van der Waals surface area contributed by atoms with E-state index in [0.29, 0.717) is 12.0 Å². The molecular formula is C20H33N. The molecule has 1 saturated carbocycles. The van der Waals surface area contributed by atoms with Gasteiger partial charge in [0.1, 0.15) is 0 Å². The molecule has 1 nitrogen and oxygen atoms in total. The van der Waals surface area contributed by atoms with Crippen LogP contribution in [0.15, 0.2) is 30.3 Å². The Hall–Kier alpha value is -0.820. The van der Waals surface area contributed by atoms with E-state index in [1.807, 2.05) is 0 Å². The van der Waals surface area contributed by atoms with Crippen LogP contribution in [-0.2, 0) is 5.41 Å². The first-order valence-electron chi connectivity index (χ1n) is 8.99. The highest BCUT2D eigenvalue weighted by molar-refractivity contribution is 5.28. The molecule has 1 aliphatic rings. The van der Waals surface area contributed by atoms with E-state index in [1.165, 1.54) is 37.7 Å². The van der Waals surface area contributed by atoms with Gasteiger partial charge in [0.05, 0.1) is 0 Å². The predicted octanol–water partition coefficient (Wildman–Crippen LogP) is 5.29. The summed E-state index contributed by atoms with van der Waals surface area (Å²) in [6.45, 7) is 6.96. The maximum atomic E-state index is 6.87. The second kappa shape index (κ2) is 7.45. The van der Waals surface area contributed by atoms with Crippen LogP contribution in [0.1, 0.15) is 71.3 Å². The SMILES string of the molecule is CCC1CCC(C(N)C(CC)(CC)c2ccccc2)CC1. The van der Waals surface area contributed by atoms with Crippen molar-refractivity contribution < 1.29 is 0 Å². The molecule has 1 aliphatic carbocycles. The van der Waals surface area contributed by atoms with Crippen molar-refractivity contribution in [3.8, 4) is 0 Å². The summed E-state index contributed by atoms with van der Waals surface area (Å²) in [7, 11) is 0. The summed E-state index contributed by atoms with van der Waals surface area (Å²) in [6.07, 6.45) is 9.04. The van der Waals surface area contributed by atoms with Gasteiger partial charge in [-0.3, -0.25) is 0 Å². The molecule has 0 radical (unpaired) electrons. The molecule has 0 aromatic heterocycles. The lowest BCUT2D eigenvalue weighted by atomic mass is 9.63. The lowest BCUT2D eigenvalue weighted by molar-refractivity contribution is 0.172. The van der Waals surface area contributed by atoms with Crippen molar-refractivity contribution in [2.75, 3.05) is 0 Å². The van der Waals surface area contributed by atoms with Gasteiger partial charge in [0.25, 0.3) is 0 Å². The summed E-state index contributed by atoms with van der Waals surface area (Å²) in [5, 5.41) is 0. The van der Waals surface area contributed by atoms with Crippen molar-refractivity contribution in [3.05, 3.63) is 35.9 Å². The van der Waals surface area contributed by atoms with Gasteiger partial charge in [-0.05, 0) is 43.1 Å². The maximum Gasteiger partial charge on any atom is 0.0165 e. The molecular weight excluding hydrogens is 254 g/mol. The van der Waals surface area contributed by atoms with Crippen LogP contribution < -0.4 is 5.73 Å². The van der Waals surface area contributed by atoms with E-state index in [1.54, 1.807) is 0 Å². The van der Waals surface area contributed by atoms with Gasteiger partial charge in [-0.15, -0.1) is 0 Å². The zero-order valence-corrected chi connectivity index (χ0v) is 14.1. The van der Waals surface area contributed by atoms with Crippen molar-refractivity contribution in [3.63, 3.8) is 0 Å². The van der Waals surface area contributed by atoms with Gasteiger partial charge in [0.15, 0.2) is 0 Å². The minimum Gasteiger partial charge on any atom is -0.327 e. The van der Waals surface area contributed by atoms with Crippen LogP contribution in [0.25, 0.3) is 0 Å². The van der Waals surface area contributed by atoms with Crippen molar-refractivity contribution in [2.24, 2.45) is 17.6 Å². The summed E-state index contributed by atoms with van der Waals surface area (Å²) >= 11 is 0. The summed E-state index contributed by atoms with van der Waals surface area (Å²) in [6, 6.07) is 11.3. The quantitative estimate of drug-likeness (QED) is 0.756. The number of benzene rings is 1. The smallest absolute Gasteiger partial charge is 0.0165 e. The third kappa shape index (κ3) is 3.34. The summed E-state index contributed by atoms with van der Waals surface area (Å²) in [5.41, 5.74) is 8.47. The fraction of sp³-hybridized carbons (Fsp3) is 0.700. The van der Waals surface area contributed by atoms with Crippen LogP contribution in [0.5, 0.6) is 0 Å². The van der Waals surface area contributed by atoms with E-state index in [-0.39, 0.29) is 5.41 Å². The van der Waals surface area contributed by atoms with Crippen LogP contribution in [0.2, 0.25) is 0 Å². The minimum atomic E-state index is 0.158. The second-order valence-corrected chi connectivity index (χ2v) is 6.94. The largest absolute Gasteiger partial charge is 0.327 e. The molecule has 2 N–H and O–H groups in total. The highest BCUT2D eigenvalue weighted by atomic mass is 14.7. The molecule has 0 spiro atoms. The first-order valence-corrected chi connectivity index (χ1v) is 8.99. The Kier molecular flexibility index (Phi) is 5.87. The van der Waals surface area contributed by atoms with Crippen LogP contribution in [0.4, 0.5) is 0 Å². The van der Waals surface area contributed by atoms with Gasteiger partial charge in [-0.25, -0.2) is 0 Å². The molecule has 1 aromatic carbocycles. The van der Waals surface area contributed by atoms with Crippen LogP contribution in [0, 0.1) is 11.8 Å². The van der Waals surface area contributed by atoms with E-state index in [0.717, 1.165) is 18.8 Å². The Morgan fingerprint density at radius 2 is 1.57 bits per heavy atom. The monoisotopic (exact) mass is 287 g/mol. The molecule has 1 fully saturated rings. The normalized spacial score (nSPS) is 24.8. The highest BCUT2D eigenvalue weighted by Gasteiger charge is 2.40. The molecule has 21 heavy (non-hydrogen) atoms. The summed E-state index contributed by atoms with van der Waals surface area (Å²) in [4.78, 5) is 0. The molecule has 1 heteroatoms. The van der Waals surface area contributed by atoms with Gasteiger partial charge in [-0.2, -0.15) is 0 Å². The molecule has 2 rings (SSSR count). The number of hydrogen-bond donors (Lipinski definition) is 1. The lowest BCUT2D eigenvalue weighted by Gasteiger charge is -2.44. The molecule has 118 valence electrons. The third-order valence-corrected chi connectivity index (χ3v) is 6.23. The molecule has 0 amide bonds. The van der Waals surface area contributed by atoms with Gasteiger partial charge in [0, 0.05) is 11.5 Å². The van der Waals surface area contributed by atoms with Crippen molar-refractivity contribution in [2.45, 2.75) is 77.2 Å². The Morgan fingerprint density at radius 3 is 2.05 bits per heavy atom. The molecule has 0 saturated heterocycles. The van der Waals surface area contributed by atoms with Crippen LogP contribution in [0.3, 0.4) is 0 Å². The Labute approximate surface area is 131 Å². The molecule has 1 unspecified atom stereocenters. The molecule has 0 aliphatic heterocycles. The first kappa shape index (κ1) is 16.5. The Balaban J connectivity index is 2.18. The van der Waals surface area contributed by atoms with E-state index in [9.17, 15) is 0 Å². The number of rotatable bonds is 6. The topological polar surface area (TPSA) is 26.0 Å². The standard InChI is InChI=1S/C20H33N/c1-4-16-12-14-17(15-13-16)19(21)20(5-2,6-3)18-10-8-7-9-11-18/h7-11,16-17,19H,4-6,12-15,21H2,1-3H3. The van der Waals surface area contributed by atoms with E-state index < -0.39 is 0 Å². The van der Waals surface area contributed by atoms with Gasteiger partial charge >= 0.3 is 0 Å². The maximum absolute atomic E-state index is 6.87. The number of nitrogens with two attached hydrogens (primary N) is 1. The fourth-order valence-corrected chi connectivity index (χ4v) is 4.50. The predicted molar refractivity (Wildman–Crippen MR) is 92.4 cm³/mol.